The van der Waals surface area contributed by atoms with Crippen molar-refractivity contribution in [3.05, 3.63) is 59.7 Å². The Balaban J connectivity index is 2.12. The van der Waals surface area contributed by atoms with E-state index in [2.05, 4.69) is 4.99 Å². The van der Waals surface area contributed by atoms with E-state index in [0.29, 0.717) is 18.1 Å². The summed E-state index contributed by atoms with van der Waals surface area (Å²) in [6.45, 7) is 4.37. The van der Waals surface area contributed by atoms with Crippen LogP contribution in [0.5, 0.6) is 0 Å². The number of ether oxygens (including phenoxy) is 1. The van der Waals surface area contributed by atoms with Crippen LogP contribution in [0.15, 0.2) is 47.5 Å². The molecule has 0 saturated carbocycles. The number of hydrogen-bond donors (Lipinski definition) is 0. The lowest BCUT2D eigenvalue weighted by Crippen LogP contribution is -2.17. The molecule has 1 aliphatic heterocycles. The molecular formula is C17H15F2NO. The van der Waals surface area contributed by atoms with E-state index in [4.69, 9.17) is 4.74 Å². The van der Waals surface area contributed by atoms with Gasteiger partial charge in [-0.15, -0.1) is 0 Å². The second-order valence-electron chi connectivity index (χ2n) is 5.71. The van der Waals surface area contributed by atoms with Crippen molar-refractivity contribution in [3.63, 3.8) is 0 Å². The lowest BCUT2D eigenvalue weighted by Gasteiger charge is -2.10. The van der Waals surface area contributed by atoms with Gasteiger partial charge in [-0.25, -0.2) is 13.8 Å². The molecule has 21 heavy (non-hydrogen) atoms. The molecule has 0 atom stereocenters. The van der Waals surface area contributed by atoms with Crippen molar-refractivity contribution in [1.29, 1.82) is 0 Å². The third kappa shape index (κ3) is 2.79. The molecule has 0 unspecified atom stereocenters. The van der Waals surface area contributed by atoms with Crippen molar-refractivity contribution in [2.75, 3.05) is 6.61 Å². The van der Waals surface area contributed by atoms with Gasteiger partial charge in [0.1, 0.15) is 18.2 Å². The Morgan fingerprint density at radius 1 is 0.952 bits per heavy atom. The molecule has 0 aromatic heterocycles. The summed E-state index contributed by atoms with van der Waals surface area (Å²) in [5.41, 5.74) is 1.84. The van der Waals surface area contributed by atoms with Crippen molar-refractivity contribution in [2.24, 2.45) is 4.99 Å². The molecule has 2 aromatic carbocycles. The molecule has 0 radical (unpaired) electrons. The molecule has 108 valence electrons. The molecule has 4 heteroatoms. The topological polar surface area (TPSA) is 21.6 Å². The van der Waals surface area contributed by atoms with Gasteiger partial charge in [-0.05, 0) is 49.2 Å². The highest BCUT2D eigenvalue weighted by atomic mass is 19.1. The summed E-state index contributed by atoms with van der Waals surface area (Å²) >= 11 is 0. The fourth-order valence-corrected chi connectivity index (χ4v) is 2.30. The molecule has 2 nitrogen and oxygen atoms in total. The molecule has 3 rings (SSSR count). The number of nitrogens with zero attached hydrogens (tertiary/aromatic N) is 1. The maximum atomic E-state index is 13.6. The molecule has 0 amide bonds. The van der Waals surface area contributed by atoms with E-state index in [1.54, 1.807) is 18.2 Å². The zero-order chi connectivity index (χ0) is 15.0. The fourth-order valence-electron chi connectivity index (χ4n) is 2.30. The molecular weight excluding hydrogens is 272 g/mol. The minimum Gasteiger partial charge on any atom is -0.475 e. The van der Waals surface area contributed by atoms with Crippen molar-refractivity contribution in [3.8, 4) is 11.1 Å². The largest absolute Gasteiger partial charge is 0.475 e. The van der Waals surface area contributed by atoms with Gasteiger partial charge in [0, 0.05) is 5.56 Å². The number of benzene rings is 2. The smallest absolute Gasteiger partial charge is 0.217 e. The van der Waals surface area contributed by atoms with Gasteiger partial charge in [-0.2, -0.15) is 0 Å². The van der Waals surface area contributed by atoms with E-state index in [9.17, 15) is 8.78 Å². The first-order chi connectivity index (χ1) is 9.94. The third-order valence-electron chi connectivity index (χ3n) is 3.33. The highest BCUT2D eigenvalue weighted by Gasteiger charge is 2.28. The van der Waals surface area contributed by atoms with Gasteiger partial charge in [0.2, 0.25) is 5.90 Å². The molecule has 0 aliphatic carbocycles. The molecule has 0 spiro atoms. The maximum absolute atomic E-state index is 13.6. The number of rotatable bonds is 2. The molecule has 0 saturated heterocycles. The van der Waals surface area contributed by atoms with Crippen LogP contribution in [0.25, 0.3) is 11.1 Å². The zero-order valence-corrected chi connectivity index (χ0v) is 11.9. The highest BCUT2D eigenvalue weighted by Crippen LogP contribution is 2.29. The molecule has 1 heterocycles. The van der Waals surface area contributed by atoms with Crippen LogP contribution in [-0.4, -0.2) is 18.0 Å². The fraction of sp³-hybridized carbons (Fsp3) is 0.235. The van der Waals surface area contributed by atoms with Gasteiger partial charge in [0.15, 0.2) is 0 Å². The Morgan fingerprint density at radius 2 is 1.62 bits per heavy atom. The third-order valence-corrected chi connectivity index (χ3v) is 3.33. The van der Waals surface area contributed by atoms with Crippen LogP contribution in [0.3, 0.4) is 0 Å². The molecule has 0 fully saturated rings. The first-order valence-electron chi connectivity index (χ1n) is 6.73. The minimum absolute atomic E-state index is 0.307. The van der Waals surface area contributed by atoms with Crippen LogP contribution < -0.4 is 0 Å². The average Bonchev–Trinajstić information content (AvgIpc) is 2.80. The van der Waals surface area contributed by atoms with Gasteiger partial charge in [0.25, 0.3) is 0 Å². The Bertz CT molecular complexity index is 705. The first kappa shape index (κ1) is 13.7. The molecule has 1 aliphatic rings. The van der Waals surface area contributed by atoms with E-state index in [0.717, 1.165) is 11.1 Å². The molecule has 0 N–H and O–H groups in total. The van der Waals surface area contributed by atoms with Crippen LogP contribution in [0.1, 0.15) is 19.4 Å². The van der Waals surface area contributed by atoms with E-state index >= 15 is 0 Å². The van der Waals surface area contributed by atoms with E-state index < -0.39 is 0 Å². The van der Waals surface area contributed by atoms with Gasteiger partial charge in [-0.1, -0.05) is 18.2 Å². The minimum atomic E-state index is -0.355. The number of aliphatic imine (C=N–C) groups is 1. The highest BCUT2D eigenvalue weighted by molar-refractivity contribution is 6.01. The van der Waals surface area contributed by atoms with Gasteiger partial charge in [-0.3, -0.25) is 0 Å². The Morgan fingerprint density at radius 3 is 2.24 bits per heavy atom. The summed E-state index contributed by atoms with van der Waals surface area (Å²) in [5.74, 6) is -0.233. The second-order valence-corrected chi connectivity index (χ2v) is 5.71. The van der Waals surface area contributed by atoms with Crippen molar-refractivity contribution >= 4 is 5.90 Å². The van der Waals surface area contributed by atoms with E-state index in [1.165, 1.54) is 24.3 Å². The number of hydrogen-bond acceptors (Lipinski definition) is 2. The van der Waals surface area contributed by atoms with Gasteiger partial charge in [0.05, 0.1) is 5.54 Å². The normalized spacial score (nSPS) is 16.5. The van der Waals surface area contributed by atoms with Crippen LogP contribution in [-0.2, 0) is 4.74 Å². The van der Waals surface area contributed by atoms with Crippen molar-refractivity contribution < 1.29 is 13.5 Å². The quantitative estimate of drug-likeness (QED) is 0.811. The monoisotopic (exact) mass is 287 g/mol. The van der Waals surface area contributed by atoms with Gasteiger partial charge < -0.3 is 4.74 Å². The average molecular weight is 287 g/mol. The maximum Gasteiger partial charge on any atom is 0.217 e. The summed E-state index contributed by atoms with van der Waals surface area (Å²) in [6.07, 6.45) is 0. The predicted molar refractivity (Wildman–Crippen MR) is 78.4 cm³/mol. The first-order valence-corrected chi connectivity index (χ1v) is 6.73. The van der Waals surface area contributed by atoms with Crippen molar-refractivity contribution in [1.82, 2.24) is 0 Å². The Labute approximate surface area is 122 Å². The summed E-state index contributed by atoms with van der Waals surface area (Å²) < 4.78 is 32.3. The summed E-state index contributed by atoms with van der Waals surface area (Å²) in [4.78, 5) is 4.49. The van der Waals surface area contributed by atoms with Crippen LogP contribution in [0, 0.1) is 11.6 Å². The summed E-state index contributed by atoms with van der Waals surface area (Å²) in [6, 6.07) is 10.5. The molecule has 2 aromatic rings. The Hall–Kier alpha value is -2.23. The predicted octanol–water partition coefficient (Wildman–Crippen LogP) is 4.19. The van der Waals surface area contributed by atoms with Crippen LogP contribution >= 0.6 is 0 Å². The van der Waals surface area contributed by atoms with Crippen LogP contribution in [0.4, 0.5) is 8.78 Å². The number of halogens is 2. The molecule has 0 bridgehead atoms. The van der Waals surface area contributed by atoms with Crippen molar-refractivity contribution in [2.45, 2.75) is 19.4 Å². The lowest BCUT2D eigenvalue weighted by atomic mass is 9.99. The summed E-state index contributed by atoms with van der Waals surface area (Å²) in [5, 5.41) is 0. The SMILES string of the molecule is CC1(C)COC(c2cc(F)ccc2-c2ccc(F)cc2)=N1. The second kappa shape index (κ2) is 4.95. The standard InChI is InChI=1S/C17H15F2NO/c1-17(2)10-21-16(20-17)15-9-13(19)7-8-14(15)11-3-5-12(18)6-4-11/h3-9H,10H2,1-2H3. The Kier molecular flexibility index (Phi) is 3.24. The van der Waals surface area contributed by atoms with E-state index in [-0.39, 0.29) is 17.2 Å². The zero-order valence-electron chi connectivity index (χ0n) is 11.9. The van der Waals surface area contributed by atoms with Crippen LogP contribution in [0.2, 0.25) is 0 Å². The lowest BCUT2D eigenvalue weighted by molar-refractivity contribution is 0.279. The summed E-state index contributed by atoms with van der Waals surface area (Å²) in [7, 11) is 0. The van der Waals surface area contributed by atoms with Gasteiger partial charge >= 0.3 is 0 Å². The van der Waals surface area contributed by atoms with E-state index in [1.807, 2.05) is 13.8 Å².